The van der Waals surface area contributed by atoms with Gasteiger partial charge in [0, 0.05) is 5.57 Å². The van der Waals surface area contributed by atoms with Gasteiger partial charge in [0.1, 0.15) is 0 Å². The zero-order chi connectivity index (χ0) is 17.7. The summed E-state index contributed by atoms with van der Waals surface area (Å²) in [5.41, 5.74) is 0.00332. The van der Waals surface area contributed by atoms with E-state index in [1.54, 1.807) is 0 Å². The molecule has 0 aliphatic rings. The minimum absolute atomic E-state index is 0.00332. The van der Waals surface area contributed by atoms with Crippen LogP contribution in [0.15, 0.2) is 12.2 Å². The molecule has 6 nitrogen and oxygen atoms in total. The van der Waals surface area contributed by atoms with E-state index in [0.29, 0.717) is 6.61 Å². The number of hydrogen-bond donors (Lipinski definition) is 0. The van der Waals surface area contributed by atoms with Crippen LogP contribution >= 0.6 is 0 Å². The molecule has 132 valence electrons. The van der Waals surface area contributed by atoms with Crippen molar-refractivity contribution in [2.45, 2.75) is 52.9 Å². The largest absolute Gasteiger partial charge is 0.463 e. The van der Waals surface area contributed by atoms with Gasteiger partial charge in [-0.25, -0.2) is 9.59 Å². The van der Waals surface area contributed by atoms with Gasteiger partial charge in [0.15, 0.2) is 6.61 Å². The molecule has 0 aromatic carbocycles. The van der Waals surface area contributed by atoms with Crippen molar-refractivity contribution in [3.63, 3.8) is 0 Å². The van der Waals surface area contributed by atoms with Gasteiger partial charge in [0.05, 0.1) is 19.6 Å². The molecule has 0 unspecified atom stereocenters. The summed E-state index contributed by atoms with van der Waals surface area (Å²) in [4.78, 5) is 34.4. The molecule has 0 spiro atoms. The molecule has 23 heavy (non-hydrogen) atoms. The molecule has 0 N–H and O–H groups in total. The molecule has 0 fully saturated rings. The fourth-order valence-corrected chi connectivity index (χ4v) is 1.54. The number of rotatable bonds is 12. The predicted molar refractivity (Wildman–Crippen MR) is 85.6 cm³/mol. The second kappa shape index (κ2) is 12.7. The molecule has 0 bridgehead atoms. The molecule has 0 heterocycles. The van der Waals surface area contributed by atoms with Crippen LogP contribution in [0, 0.1) is 5.92 Å². The van der Waals surface area contributed by atoms with Crippen LogP contribution in [-0.4, -0.2) is 37.7 Å². The first-order chi connectivity index (χ1) is 10.9. The van der Waals surface area contributed by atoms with E-state index in [1.165, 1.54) is 0 Å². The van der Waals surface area contributed by atoms with Crippen molar-refractivity contribution in [2.75, 3.05) is 19.8 Å². The third-order valence-corrected chi connectivity index (χ3v) is 2.81. The zero-order valence-corrected chi connectivity index (χ0v) is 14.4. The van der Waals surface area contributed by atoms with Gasteiger partial charge in [-0.05, 0) is 12.3 Å². The maximum Gasteiger partial charge on any atom is 0.344 e. The van der Waals surface area contributed by atoms with E-state index < -0.39 is 24.5 Å². The highest BCUT2D eigenvalue weighted by Crippen LogP contribution is 2.05. The summed E-state index contributed by atoms with van der Waals surface area (Å²) in [5.74, 6) is -1.73. The number of carbonyl (C=O) groups is 3. The van der Waals surface area contributed by atoms with Crippen LogP contribution in [0.2, 0.25) is 0 Å². The molecule has 0 rings (SSSR count). The number of hydrogen-bond acceptors (Lipinski definition) is 6. The van der Waals surface area contributed by atoms with E-state index in [9.17, 15) is 14.4 Å². The van der Waals surface area contributed by atoms with Crippen LogP contribution in [0.5, 0.6) is 0 Å². The maximum atomic E-state index is 11.5. The topological polar surface area (TPSA) is 78.9 Å². The molecule has 0 amide bonds. The Bertz CT molecular complexity index is 400. The third-order valence-electron chi connectivity index (χ3n) is 2.81. The fourth-order valence-electron chi connectivity index (χ4n) is 1.54. The Morgan fingerprint density at radius 3 is 2.26 bits per heavy atom. The third kappa shape index (κ3) is 12.4. The quantitative estimate of drug-likeness (QED) is 0.237. The van der Waals surface area contributed by atoms with Gasteiger partial charge < -0.3 is 14.2 Å². The highest BCUT2D eigenvalue weighted by molar-refractivity contribution is 5.93. The second-order valence-electron chi connectivity index (χ2n) is 5.71. The van der Waals surface area contributed by atoms with Gasteiger partial charge in [-0.3, -0.25) is 4.79 Å². The summed E-state index contributed by atoms with van der Waals surface area (Å²) >= 11 is 0. The van der Waals surface area contributed by atoms with Gasteiger partial charge in [0.2, 0.25) is 0 Å². The first kappa shape index (κ1) is 21.1. The number of ether oxygens (including phenoxy) is 3. The molecule has 0 aromatic heterocycles. The van der Waals surface area contributed by atoms with E-state index in [-0.39, 0.29) is 24.5 Å². The molecular formula is C17H28O6. The van der Waals surface area contributed by atoms with Crippen LogP contribution in [0.3, 0.4) is 0 Å². The van der Waals surface area contributed by atoms with E-state index in [1.807, 2.05) is 13.8 Å². The van der Waals surface area contributed by atoms with Crippen LogP contribution in [0.4, 0.5) is 0 Å². The van der Waals surface area contributed by atoms with Crippen LogP contribution in [-0.2, 0) is 28.6 Å². The van der Waals surface area contributed by atoms with Crippen LogP contribution in [0.1, 0.15) is 52.9 Å². The molecule has 0 saturated carbocycles. The summed E-state index contributed by atoms with van der Waals surface area (Å²) < 4.78 is 14.6. The lowest BCUT2D eigenvalue weighted by Crippen LogP contribution is -2.19. The minimum Gasteiger partial charge on any atom is -0.463 e. The molecule has 0 atom stereocenters. The van der Waals surface area contributed by atoms with Crippen molar-refractivity contribution in [3.05, 3.63) is 12.2 Å². The molecule has 0 aliphatic heterocycles. The second-order valence-corrected chi connectivity index (χ2v) is 5.71. The standard InChI is InChI=1S/C17H28O6/c1-5-6-7-8-9-21-16(19)12-22-15(18)10-14(4)17(20)23-11-13(2)3/h13H,4-12H2,1-3H3. The highest BCUT2D eigenvalue weighted by atomic mass is 16.6. The molecule has 0 radical (unpaired) electrons. The summed E-state index contributed by atoms with van der Waals surface area (Å²) in [6.07, 6.45) is 3.70. The average molecular weight is 328 g/mol. The number of esters is 3. The minimum atomic E-state index is -0.709. The first-order valence-corrected chi connectivity index (χ1v) is 8.03. The van der Waals surface area contributed by atoms with Gasteiger partial charge in [-0.1, -0.05) is 46.6 Å². The van der Waals surface area contributed by atoms with Crippen molar-refractivity contribution < 1.29 is 28.6 Å². The van der Waals surface area contributed by atoms with Gasteiger partial charge >= 0.3 is 17.9 Å². The normalized spacial score (nSPS) is 10.3. The lowest BCUT2D eigenvalue weighted by molar-refractivity contribution is -0.158. The lowest BCUT2D eigenvalue weighted by atomic mass is 10.2. The summed E-state index contributed by atoms with van der Waals surface area (Å²) in [6.45, 7) is 9.51. The van der Waals surface area contributed by atoms with E-state index in [0.717, 1.165) is 25.7 Å². The first-order valence-electron chi connectivity index (χ1n) is 8.03. The Labute approximate surface area is 138 Å². The fraction of sp³-hybridized carbons (Fsp3) is 0.706. The highest BCUT2D eigenvalue weighted by Gasteiger charge is 2.16. The Morgan fingerprint density at radius 2 is 1.65 bits per heavy atom. The zero-order valence-electron chi connectivity index (χ0n) is 14.4. The smallest absolute Gasteiger partial charge is 0.344 e. The Hall–Kier alpha value is -1.85. The van der Waals surface area contributed by atoms with Gasteiger partial charge in [-0.15, -0.1) is 0 Å². The van der Waals surface area contributed by atoms with Crippen molar-refractivity contribution >= 4 is 17.9 Å². The van der Waals surface area contributed by atoms with E-state index in [2.05, 4.69) is 13.5 Å². The lowest BCUT2D eigenvalue weighted by Gasteiger charge is -2.09. The molecule has 0 aliphatic carbocycles. The van der Waals surface area contributed by atoms with Gasteiger partial charge in [0.25, 0.3) is 0 Å². The van der Waals surface area contributed by atoms with Crippen molar-refractivity contribution in [1.82, 2.24) is 0 Å². The molecular weight excluding hydrogens is 300 g/mol. The number of carbonyl (C=O) groups excluding carboxylic acids is 3. The van der Waals surface area contributed by atoms with Crippen molar-refractivity contribution in [2.24, 2.45) is 5.92 Å². The number of unbranched alkanes of at least 4 members (excludes halogenated alkanes) is 3. The van der Waals surface area contributed by atoms with Crippen molar-refractivity contribution in [3.8, 4) is 0 Å². The van der Waals surface area contributed by atoms with E-state index >= 15 is 0 Å². The van der Waals surface area contributed by atoms with Crippen LogP contribution < -0.4 is 0 Å². The van der Waals surface area contributed by atoms with E-state index in [4.69, 9.17) is 14.2 Å². The molecule has 0 aromatic rings. The van der Waals surface area contributed by atoms with Gasteiger partial charge in [-0.2, -0.15) is 0 Å². The monoisotopic (exact) mass is 328 g/mol. The SMILES string of the molecule is C=C(CC(=O)OCC(=O)OCCCCCC)C(=O)OCC(C)C. The molecule has 6 heteroatoms. The van der Waals surface area contributed by atoms with Crippen molar-refractivity contribution in [1.29, 1.82) is 0 Å². The van der Waals surface area contributed by atoms with Crippen LogP contribution in [0.25, 0.3) is 0 Å². The Morgan fingerprint density at radius 1 is 0.957 bits per heavy atom. The summed E-state index contributed by atoms with van der Waals surface area (Å²) in [5, 5.41) is 0. The summed E-state index contributed by atoms with van der Waals surface area (Å²) in [6, 6.07) is 0. The average Bonchev–Trinajstić information content (AvgIpc) is 2.50. The summed E-state index contributed by atoms with van der Waals surface area (Å²) in [7, 11) is 0. The Balaban J connectivity index is 3.82. The predicted octanol–water partition coefficient (Wildman–Crippen LogP) is 2.80. The maximum absolute atomic E-state index is 11.5. The Kier molecular flexibility index (Phi) is 11.7. The molecule has 0 saturated heterocycles.